The number of nitrogens with one attached hydrogen (secondary N) is 1. The Morgan fingerprint density at radius 1 is 1.64 bits per heavy atom. The second-order valence-electron chi connectivity index (χ2n) is 4.85. The Hall–Kier alpha value is -2.00. The Labute approximate surface area is 129 Å². The number of aliphatic hydroxyl groups is 1. The van der Waals surface area contributed by atoms with E-state index >= 15 is 0 Å². The summed E-state index contributed by atoms with van der Waals surface area (Å²) in [4.78, 5) is 12.1. The average Bonchev–Trinajstić information content (AvgIpc) is 3.05. The molecule has 0 radical (unpaired) electrons. The van der Waals surface area contributed by atoms with Crippen LogP contribution in [0, 0.1) is 0 Å². The van der Waals surface area contributed by atoms with Crippen LogP contribution in [0.25, 0.3) is 0 Å². The number of hydrogen-bond donors (Lipinski definition) is 2. The third kappa shape index (κ3) is 3.80. The van der Waals surface area contributed by atoms with Gasteiger partial charge in [-0.25, -0.2) is 0 Å². The summed E-state index contributed by atoms with van der Waals surface area (Å²) in [5, 5.41) is 18.3. The first kappa shape index (κ1) is 16.4. The standard InChI is InChI=1S/C13H15F2N3O3S/c1-13(20,8-5-17-18(2)6-8)7-16-11(19)10-9(3-4-22-10)21-12(14)15/h3-6,12,20H,7H2,1-2H3,(H,16,19). The second-order valence-corrected chi connectivity index (χ2v) is 5.77. The van der Waals surface area contributed by atoms with Crippen LogP contribution < -0.4 is 10.1 Å². The minimum Gasteiger partial charge on any atom is -0.433 e. The van der Waals surface area contributed by atoms with Crippen molar-refractivity contribution in [2.75, 3.05) is 6.54 Å². The fourth-order valence-electron chi connectivity index (χ4n) is 1.79. The molecule has 0 bridgehead atoms. The Morgan fingerprint density at radius 3 is 2.95 bits per heavy atom. The molecular weight excluding hydrogens is 316 g/mol. The fourth-order valence-corrected chi connectivity index (χ4v) is 2.53. The summed E-state index contributed by atoms with van der Waals surface area (Å²) < 4.78 is 30.3. The van der Waals surface area contributed by atoms with Crippen LogP contribution in [-0.4, -0.2) is 34.0 Å². The molecule has 1 amide bonds. The molecule has 2 aromatic rings. The van der Waals surface area contributed by atoms with Gasteiger partial charge < -0.3 is 15.2 Å². The molecule has 0 aliphatic heterocycles. The number of carbonyl (C=O) groups is 1. The maximum absolute atomic E-state index is 12.2. The van der Waals surface area contributed by atoms with Crippen molar-refractivity contribution in [1.82, 2.24) is 15.1 Å². The third-order valence-electron chi connectivity index (χ3n) is 2.97. The number of aromatic nitrogens is 2. The molecule has 22 heavy (non-hydrogen) atoms. The summed E-state index contributed by atoms with van der Waals surface area (Å²) in [6, 6.07) is 1.30. The predicted molar refractivity (Wildman–Crippen MR) is 76.1 cm³/mol. The number of carbonyl (C=O) groups excluding carboxylic acids is 1. The lowest BCUT2D eigenvalue weighted by Gasteiger charge is -2.22. The number of halogens is 2. The van der Waals surface area contributed by atoms with Crippen molar-refractivity contribution < 1.29 is 23.4 Å². The molecule has 0 saturated carbocycles. The second kappa shape index (κ2) is 6.41. The highest BCUT2D eigenvalue weighted by molar-refractivity contribution is 7.12. The molecule has 0 aliphatic rings. The van der Waals surface area contributed by atoms with Crippen molar-refractivity contribution in [3.8, 4) is 5.75 Å². The van der Waals surface area contributed by atoms with E-state index in [0.717, 1.165) is 11.3 Å². The number of thiophene rings is 1. The molecule has 0 aliphatic carbocycles. The summed E-state index contributed by atoms with van der Waals surface area (Å²) in [5.41, 5.74) is -0.796. The molecule has 2 N–H and O–H groups in total. The molecule has 2 heterocycles. The van der Waals surface area contributed by atoms with Crippen molar-refractivity contribution in [3.05, 3.63) is 34.3 Å². The number of amides is 1. The average molecular weight is 331 g/mol. The summed E-state index contributed by atoms with van der Waals surface area (Å²) in [6.45, 7) is -1.57. The zero-order valence-corrected chi connectivity index (χ0v) is 12.7. The van der Waals surface area contributed by atoms with Gasteiger partial charge in [-0.1, -0.05) is 0 Å². The van der Waals surface area contributed by atoms with Gasteiger partial charge in [-0.15, -0.1) is 11.3 Å². The highest BCUT2D eigenvalue weighted by Gasteiger charge is 2.26. The number of rotatable bonds is 6. The van der Waals surface area contributed by atoms with E-state index in [-0.39, 0.29) is 17.2 Å². The molecule has 1 atom stereocenters. The number of aryl methyl sites for hydroxylation is 1. The van der Waals surface area contributed by atoms with Crippen LogP contribution in [0.5, 0.6) is 5.75 Å². The molecule has 2 aromatic heterocycles. The van der Waals surface area contributed by atoms with Gasteiger partial charge in [-0.05, 0) is 18.4 Å². The molecule has 0 fully saturated rings. The molecule has 2 rings (SSSR count). The SMILES string of the molecule is Cn1cc(C(C)(O)CNC(=O)c2sccc2OC(F)F)cn1. The van der Waals surface area contributed by atoms with Gasteiger partial charge in [0.2, 0.25) is 0 Å². The predicted octanol–water partition coefficient (Wildman–Crippen LogP) is 1.72. The number of alkyl halides is 2. The van der Waals surface area contributed by atoms with Crippen LogP contribution in [-0.2, 0) is 12.6 Å². The molecule has 6 nitrogen and oxygen atoms in total. The van der Waals surface area contributed by atoms with Crippen LogP contribution in [0.15, 0.2) is 23.8 Å². The van der Waals surface area contributed by atoms with Crippen molar-refractivity contribution in [1.29, 1.82) is 0 Å². The maximum atomic E-state index is 12.2. The van der Waals surface area contributed by atoms with Crippen molar-refractivity contribution in [2.24, 2.45) is 7.05 Å². The highest BCUT2D eigenvalue weighted by atomic mass is 32.1. The van der Waals surface area contributed by atoms with E-state index in [1.54, 1.807) is 13.2 Å². The van der Waals surface area contributed by atoms with Crippen molar-refractivity contribution in [3.63, 3.8) is 0 Å². The largest absolute Gasteiger partial charge is 0.433 e. The molecule has 120 valence electrons. The van der Waals surface area contributed by atoms with E-state index < -0.39 is 18.1 Å². The zero-order valence-electron chi connectivity index (χ0n) is 11.9. The number of nitrogens with zero attached hydrogens (tertiary/aromatic N) is 2. The van der Waals surface area contributed by atoms with E-state index in [1.807, 2.05) is 0 Å². The van der Waals surface area contributed by atoms with Crippen LogP contribution in [0.3, 0.4) is 0 Å². The van der Waals surface area contributed by atoms with Crippen LogP contribution >= 0.6 is 11.3 Å². The molecule has 1 unspecified atom stereocenters. The first-order valence-electron chi connectivity index (χ1n) is 6.31. The van der Waals surface area contributed by atoms with Gasteiger partial charge in [0.05, 0.1) is 12.7 Å². The van der Waals surface area contributed by atoms with E-state index in [1.165, 1.54) is 29.2 Å². The minimum atomic E-state index is -3.00. The van der Waals surface area contributed by atoms with Gasteiger partial charge >= 0.3 is 6.61 Å². The lowest BCUT2D eigenvalue weighted by Crippen LogP contribution is -2.38. The van der Waals surface area contributed by atoms with Gasteiger partial charge in [-0.2, -0.15) is 13.9 Å². The van der Waals surface area contributed by atoms with E-state index in [0.29, 0.717) is 5.56 Å². The minimum absolute atomic E-state index is 0.0299. The molecule has 0 aromatic carbocycles. The third-order valence-corrected chi connectivity index (χ3v) is 3.87. The van der Waals surface area contributed by atoms with Crippen LogP contribution in [0.2, 0.25) is 0 Å². The molecule has 9 heteroatoms. The molecular formula is C13H15F2N3O3S. The van der Waals surface area contributed by atoms with E-state index in [9.17, 15) is 18.7 Å². The van der Waals surface area contributed by atoms with Gasteiger partial charge in [0.1, 0.15) is 16.2 Å². The summed E-state index contributed by atoms with van der Waals surface area (Å²) >= 11 is 0.982. The monoisotopic (exact) mass is 331 g/mol. The molecule has 0 saturated heterocycles. The lowest BCUT2D eigenvalue weighted by molar-refractivity contribution is -0.0498. The summed E-state index contributed by atoms with van der Waals surface area (Å²) in [5.74, 6) is -0.770. The summed E-state index contributed by atoms with van der Waals surface area (Å²) in [7, 11) is 1.71. The van der Waals surface area contributed by atoms with E-state index in [4.69, 9.17) is 0 Å². The lowest BCUT2D eigenvalue weighted by atomic mass is 10.00. The first-order valence-corrected chi connectivity index (χ1v) is 7.19. The Bertz CT molecular complexity index is 655. The zero-order chi connectivity index (χ0) is 16.3. The van der Waals surface area contributed by atoms with E-state index in [2.05, 4.69) is 15.2 Å². The van der Waals surface area contributed by atoms with Gasteiger partial charge in [0, 0.05) is 18.8 Å². The number of hydrogen-bond acceptors (Lipinski definition) is 5. The van der Waals surface area contributed by atoms with Gasteiger partial charge in [0.25, 0.3) is 5.91 Å². The van der Waals surface area contributed by atoms with Gasteiger partial charge in [-0.3, -0.25) is 9.48 Å². The Balaban J connectivity index is 2.02. The van der Waals surface area contributed by atoms with Crippen molar-refractivity contribution >= 4 is 17.2 Å². The Kier molecular flexibility index (Phi) is 4.77. The number of ether oxygens (including phenoxy) is 1. The summed E-state index contributed by atoms with van der Waals surface area (Å²) in [6.07, 6.45) is 3.12. The topological polar surface area (TPSA) is 76.4 Å². The van der Waals surface area contributed by atoms with Crippen molar-refractivity contribution in [2.45, 2.75) is 19.1 Å². The maximum Gasteiger partial charge on any atom is 0.387 e. The van der Waals surface area contributed by atoms with Gasteiger partial charge in [0.15, 0.2) is 0 Å². The van der Waals surface area contributed by atoms with Crippen LogP contribution in [0.4, 0.5) is 8.78 Å². The normalized spacial score (nSPS) is 13.9. The first-order chi connectivity index (χ1) is 10.3. The Morgan fingerprint density at radius 2 is 2.36 bits per heavy atom. The molecule has 0 spiro atoms. The highest BCUT2D eigenvalue weighted by Crippen LogP contribution is 2.26. The van der Waals surface area contributed by atoms with Crippen LogP contribution in [0.1, 0.15) is 22.2 Å². The smallest absolute Gasteiger partial charge is 0.387 e. The quantitative estimate of drug-likeness (QED) is 0.845. The fraction of sp³-hybridized carbons (Fsp3) is 0.385.